The lowest BCUT2D eigenvalue weighted by molar-refractivity contribution is -0.141. The van der Waals surface area contributed by atoms with Crippen LogP contribution in [0.3, 0.4) is 0 Å². The van der Waals surface area contributed by atoms with Crippen LogP contribution in [-0.2, 0) is 15.7 Å². The molecule has 0 saturated carbocycles. The summed E-state index contributed by atoms with van der Waals surface area (Å²) in [7, 11) is 1.21. The highest BCUT2D eigenvalue weighted by Crippen LogP contribution is 2.30. The van der Waals surface area contributed by atoms with Crippen molar-refractivity contribution in [2.24, 2.45) is 0 Å². The van der Waals surface area contributed by atoms with Gasteiger partial charge in [0.2, 0.25) is 5.95 Å². The molecule has 1 aromatic heterocycles. The van der Waals surface area contributed by atoms with Crippen molar-refractivity contribution >= 4 is 23.7 Å². The number of carbonyl (C=O) groups is 1. The average molecular weight is 309 g/mol. The van der Waals surface area contributed by atoms with E-state index in [2.05, 4.69) is 20.0 Å². The SMILES string of the molecule is CCCNc1nc(SCC(=O)OC)cc(C(F)(F)F)n1. The number of ether oxygens (including phenoxy) is 1. The molecule has 1 aromatic rings. The fourth-order valence-corrected chi connectivity index (χ4v) is 1.88. The van der Waals surface area contributed by atoms with Crippen molar-refractivity contribution in [3.63, 3.8) is 0 Å². The van der Waals surface area contributed by atoms with Gasteiger partial charge in [-0.3, -0.25) is 4.79 Å². The van der Waals surface area contributed by atoms with Gasteiger partial charge in [-0.05, 0) is 6.42 Å². The largest absolute Gasteiger partial charge is 0.468 e. The molecule has 9 heteroatoms. The van der Waals surface area contributed by atoms with Gasteiger partial charge in [-0.25, -0.2) is 9.97 Å². The Morgan fingerprint density at radius 1 is 1.45 bits per heavy atom. The quantitative estimate of drug-likeness (QED) is 0.495. The van der Waals surface area contributed by atoms with Gasteiger partial charge in [-0.15, -0.1) is 0 Å². The van der Waals surface area contributed by atoms with Crippen LogP contribution in [0.15, 0.2) is 11.1 Å². The Morgan fingerprint density at radius 2 is 2.15 bits per heavy atom. The first-order valence-electron chi connectivity index (χ1n) is 5.76. The maximum absolute atomic E-state index is 12.7. The molecule has 1 heterocycles. The first kappa shape index (κ1) is 16.5. The molecule has 0 aliphatic heterocycles. The Morgan fingerprint density at radius 3 is 2.70 bits per heavy atom. The van der Waals surface area contributed by atoms with Crippen molar-refractivity contribution in [3.8, 4) is 0 Å². The third kappa shape index (κ3) is 5.24. The van der Waals surface area contributed by atoms with E-state index < -0.39 is 17.8 Å². The first-order valence-corrected chi connectivity index (χ1v) is 6.75. The molecule has 0 aliphatic carbocycles. The summed E-state index contributed by atoms with van der Waals surface area (Å²) < 4.78 is 42.6. The Bertz CT molecular complexity index is 469. The van der Waals surface area contributed by atoms with Crippen LogP contribution in [-0.4, -0.2) is 35.3 Å². The van der Waals surface area contributed by atoms with Crippen molar-refractivity contribution in [3.05, 3.63) is 11.8 Å². The van der Waals surface area contributed by atoms with Gasteiger partial charge in [0.1, 0.15) is 5.03 Å². The monoisotopic (exact) mass is 309 g/mol. The van der Waals surface area contributed by atoms with E-state index in [1.807, 2.05) is 6.92 Å². The van der Waals surface area contributed by atoms with Crippen molar-refractivity contribution in [2.45, 2.75) is 24.5 Å². The van der Waals surface area contributed by atoms with Crippen molar-refractivity contribution in [1.29, 1.82) is 0 Å². The van der Waals surface area contributed by atoms with Gasteiger partial charge in [0.05, 0.1) is 12.9 Å². The number of carbonyl (C=O) groups excluding carboxylic acids is 1. The second-order valence-electron chi connectivity index (χ2n) is 3.70. The lowest BCUT2D eigenvalue weighted by atomic mass is 10.4. The van der Waals surface area contributed by atoms with E-state index in [0.717, 1.165) is 24.2 Å². The van der Waals surface area contributed by atoms with Gasteiger partial charge in [0.15, 0.2) is 5.69 Å². The highest BCUT2D eigenvalue weighted by Gasteiger charge is 2.33. The van der Waals surface area contributed by atoms with Gasteiger partial charge in [-0.1, -0.05) is 18.7 Å². The zero-order chi connectivity index (χ0) is 15.2. The summed E-state index contributed by atoms with van der Waals surface area (Å²) >= 11 is 0.865. The summed E-state index contributed by atoms with van der Waals surface area (Å²) in [5, 5.41) is 2.76. The lowest BCUT2D eigenvalue weighted by Crippen LogP contribution is -2.13. The van der Waals surface area contributed by atoms with Crippen LogP contribution in [0.4, 0.5) is 19.1 Å². The van der Waals surface area contributed by atoms with Crippen LogP contribution in [0.2, 0.25) is 0 Å². The number of aromatic nitrogens is 2. The van der Waals surface area contributed by atoms with Crippen molar-refractivity contribution in [1.82, 2.24) is 9.97 Å². The van der Waals surface area contributed by atoms with Gasteiger partial charge < -0.3 is 10.1 Å². The molecule has 0 bridgehead atoms. The molecule has 0 aliphatic rings. The molecule has 0 amide bonds. The van der Waals surface area contributed by atoms with Gasteiger partial charge in [0, 0.05) is 12.6 Å². The van der Waals surface area contributed by atoms with Crippen LogP contribution in [0, 0.1) is 0 Å². The van der Waals surface area contributed by atoms with E-state index in [0.29, 0.717) is 6.54 Å². The molecular formula is C11H14F3N3O2S. The number of alkyl halides is 3. The predicted molar refractivity (Wildman–Crippen MR) is 68.6 cm³/mol. The summed E-state index contributed by atoms with van der Waals surface area (Å²) in [5.74, 6) is -0.753. The smallest absolute Gasteiger partial charge is 0.433 e. The molecule has 0 aromatic carbocycles. The molecule has 0 radical (unpaired) electrons. The molecule has 1 N–H and O–H groups in total. The van der Waals surface area contributed by atoms with E-state index in [4.69, 9.17) is 0 Å². The number of hydrogen-bond acceptors (Lipinski definition) is 6. The molecule has 0 fully saturated rings. The number of esters is 1. The number of nitrogens with one attached hydrogen (secondary N) is 1. The Balaban J connectivity index is 2.94. The first-order chi connectivity index (χ1) is 9.36. The summed E-state index contributed by atoms with van der Waals surface area (Å²) in [4.78, 5) is 18.3. The van der Waals surface area contributed by atoms with Crippen molar-refractivity contribution in [2.75, 3.05) is 24.7 Å². The van der Waals surface area contributed by atoms with E-state index in [1.165, 1.54) is 7.11 Å². The standard InChI is InChI=1S/C11H14F3N3O2S/c1-3-4-15-10-16-7(11(12,13)14)5-8(17-10)20-6-9(18)19-2/h5H,3-4,6H2,1-2H3,(H,15,16,17). The zero-order valence-electron chi connectivity index (χ0n) is 11.0. The number of halogens is 3. The topological polar surface area (TPSA) is 64.1 Å². The Hall–Kier alpha value is -1.51. The van der Waals surface area contributed by atoms with E-state index in [-0.39, 0.29) is 16.7 Å². The molecule has 5 nitrogen and oxygen atoms in total. The zero-order valence-corrected chi connectivity index (χ0v) is 11.8. The van der Waals surface area contributed by atoms with Crippen LogP contribution < -0.4 is 5.32 Å². The third-order valence-electron chi connectivity index (χ3n) is 2.09. The number of rotatable bonds is 6. The molecule has 0 unspecified atom stereocenters. The molecular weight excluding hydrogens is 295 g/mol. The number of anilines is 1. The Labute approximate surface area is 118 Å². The van der Waals surface area contributed by atoms with E-state index >= 15 is 0 Å². The average Bonchev–Trinajstić information content (AvgIpc) is 2.41. The number of hydrogen-bond donors (Lipinski definition) is 1. The number of nitrogens with zero attached hydrogens (tertiary/aromatic N) is 2. The van der Waals surface area contributed by atoms with Gasteiger partial charge in [-0.2, -0.15) is 13.2 Å². The van der Waals surface area contributed by atoms with Gasteiger partial charge >= 0.3 is 12.1 Å². The number of thioether (sulfide) groups is 1. The minimum absolute atomic E-state index is 0.0660. The summed E-state index contributed by atoms with van der Waals surface area (Å²) in [6.45, 7) is 2.33. The molecule has 0 saturated heterocycles. The second kappa shape index (κ2) is 7.32. The summed E-state index contributed by atoms with van der Waals surface area (Å²) in [6, 6.07) is 0.810. The molecule has 112 valence electrons. The normalized spacial score (nSPS) is 11.2. The maximum Gasteiger partial charge on any atom is 0.433 e. The summed E-state index contributed by atoms with van der Waals surface area (Å²) in [6.07, 6.45) is -3.84. The van der Waals surface area contributed by atoms with Crippen LogP contribution in [0.1, 0.15) is 19.0 Å². The van der Waals surface area contributed by atoms with E-state index in [1.54, 1.807) is 0 Å². The second-order valence-corrected chi connectivity index (χ2v) is 4.70. The van der Waals surface area contributed by atoms with Crippen molar-refractivity contribution < 1.29 is 22.7 Å². The fraction of sp³-hybridized carbons (Fsp3) is 0.545. The molecule has 1 rings (SSSR count). The predicted octanol–water partition coefficient (Wildman–Crippen LogP) is 2.58. The van der Waals surface area contributed by atoms with E-state index in [9.17, 15) is 18.0 Å². The molecule has 20 heavy (non-hydrogen) atoms. The minimum atomic E-state index is -4.56. The minimum Gasteiger partial charge on any atom is -0.468 e. The molecule has 0 atom stereocenters. The summed E-state index contributed by atoms with van der Waals surface area (Å²) in [5.41, 5.74) is -1.04. The number of methoxy groups -OCH3 is 1. The van der Waals surface area contributed by atoms with Crippen LogP contribution in [0.5, 0.6) is 0 Å². The highest BCUT2D eigenvalue weighted by molar-refractivity contribution is 7.99. The third-order valence-corrected chi connectivity index (χ3v) is 2.98. The highest BCUT2D eigenvalue weighted by atomic mass is 32.2. The Kier molecular flexibility index (Phi) is 6.05. The van der Waals surface area contributed by atoms with Crippen LogP contribution >= 0.6 is 11.8 Å². The molecule has 0 spiro atoms. The van der Waals surface area contributed by atoms with Crippen LogP contribution in [0.25, 0.3) is 0 Å². The maximum atomic E-state index is 12.7. The lowest BCUT2D eigenvalue weighted by Gasteiger charge is -2.10. The van der Waals surface area contributed by atoms with Gasteiger partial charge in [0.25, 0.3) is 0 Å². The fourth-order valence-electron chi connectivity index (χ4n) is 1.15.